The van der Waals surface area contributed by atoms with E-state index in [1.807, 2.05) is 53.5 Å². The summed E-state index contributed by atoms with van der Waals surface area (Å²) in [5.41, 5.74) is 4.29. The number of nitrogens with zero attached hydrogens (tertiary/aromatic N) is 2. The topological polar surface area (TPSA) is 24.8 Å². The van der Waals surface area contributed by atoms with Gasteiger partial charge in [0.25, 0.3) is 0 Å². The number of hydrogen-bond donors (Lipinski definition) is 0. The van der Waals surface area contributed by atoms with Crippen molar-refractivity contribution >= 4 is 28.9 Å². The molecule has 0 aromatic heterocycles. The van der Waals surface area contributed by atoms with Gasteiger partial charge in [-0.25, -0.2) is 5.01 Å². The van der Waals surface area contributed by atoms with Gasteiger partial charge in [0.1, 0.15) is 5.75 Å². The van der Waals surface area contributed by atoms with Crippen LogP contribution in [0.4, 0.5) is 0 Å². The highest BCUT2D eigenvalue weighted by atomic mass is 35.5. The minimum atomic E-state index is -0.346. The van der Waals surface area contributed by atoms with E-state index in [4.69, 9.17) is 33.0 Å². The second-order valence-corrected chi connectivity index (χ2v) is 7.51. The fourth-order valence-electron chi connectivity index (χ4n) is 3.73. The highest BCUT2D eigenvalue weighted by Gasteiger charge is 2.40. The van der Waals surface area contributed by atoms with Crippen LogP contribution in [0.1, 0.15) is 35.4 Å². The molecule has 0 saturated heterocycles. The Hall–Kier alpha value is -2.49. The summed E-state index contributed by atoms with van der Waals surface area (Å²) in [6, 6.07) is 24.2. The van der Waals surface area contributed by atoms with Gasteiger partial charge in [0.15, 0.2) is 0 Å². The molecule has 5 heteroatoms. The predicted molar refractivity (Wildman–Crippen MR) is 108 cm³/mol. The molecular formula is C22H16Cl2N2O. The average Bonchev–Trinajstić information content (AvgIpc) is 3.16. The largest absolute Gasteiger partial charge is 0.464 e. The average molecular weight is 395 g/mol. The molecule has 27 heavy (non-hydrogen) atoms. The lowest BCUT2D eigenvalue weighted by Crippen LogP contribution is -2.33. The lowest BCUT2D eigenvalue weighted by Gasteiger charge is -2.38. The van der Waals surface area contributed by atoms with Crippen LogP contribution in [0, 0.1) is 0 Å². The molecule has 0 amide bonds. The Kier molecular flexibility index (Phi) is 4.07. The van der Waals surface area contributed by atoms with Crippen molar-refractivity contribution in [1.29, 1.82) is 0 Å². The number of benzene rings is 3. The number of para-hydroxylation sites is 1. The summed E-state index contributed by atoms with van der Waals surface area (Å²) < 4.78 is 6.33. The Morgan fingerprint density at radius 3 is 2.48 bits per heavy atom. The lowest BCUT2D eigenvalue weighted by molar-refractivity contribution is -0.0190. The van der Waals surface area contributed by atoms with Crippen molar-refractivity contribution in [2.75, 3.05) is 0 Å². The highest BCUT2D eigenvalue weighted by molar-refractivity contribution is 6.42. The maximum absolute atomic E-state index is 6.33. The van der Waals surface area contributed by atoms with Gasteiger partial charge in [-0.3, -0.25) is 0 Å². The van der Waals surface area contributed by atoms with Gasteiger partial charge in [-0.05, 0) is 23.8 Å². The molecule has 134 valence electrons. The monoisotopic (exact) mass is 394 g/mol. The molecule has 0 N–H and O–H groups in total. The number of hydrazone groups is 1. The third-order valence-electron chi connectivity index (χ3n) is 5.03. The molecule has 5 rings (SSSR count). The van der Waals surface area contributed by atoms with Crippen molar-refractivity contribution in [2.24, 2.45) is 5.10 Å². The zero-order chi connectivity index (χ0) is 18.4. The van der Waals surface area contributed by atoms with E-state index < -0.39 is 0 Å². The molecule has 0 saturated carbocycles. The fraction of sp³-hybridized carbons (Fsp3) is 0.136. The van der Waals surface area contributed by atoms with Gasteiger partial charge in [-0.2, -0.15) is 5.10 Å². The number of rotatable bonds is 2. The molecule has 0 bridgehead atoms. The Balaban J connectivity index is 1.61. The SMILES string of the molecule is Clc1ccc([C@@H]2Oc3ccccc3[C@@H]3CC(c4ccccc4)=NN32)cc1Cl. The summed E-state index contributed by atoms with van der Waals surface area (Å²) in [5, 5.41) is 8.03. The molecule has 0 aliphatic carbocycles. The second-order valence-electron chi connectivity index (χ2n) is 6.69. The third-order valence-corrected chi connectivity index (χ3v) is 5.77. The van der Waals surface area contributed by atoms with E-state index in [2.05, 4.69) is 18.2 Å². The quantitative estimate of drug-likeness (QED) is 0.513. The summed E-state index contributed by atoms with van der Waals surface area (Å²) >= 11 is 12.4. The van der Waals surface area contributed by atoms with Gasteiger partial charge >= 0.3 is 0 Å². The van der Waals surface area contributed by atoms with Crippen LogP contribution in [0.5, 0.6) is 5.75 Å². The molecule has 3 aromatic rings. The summed E-state index contributed by atoms with van der Waals surface area (Å²) in [6.45, 7) is 0. The smallest absolute Gasteiger partial charge is 0.213 e. The van der Waals surface area contributed by atoms with Gasteiger partial charge in [0.2, 0.25) is 6.23 Å². The summed E-state index contributed by atoms with van der Waals surface area (Å²) in [7, 11) is 0. The maximum atomic E-state index is 6.33. The first-order valence-corrected chi connectivity index (χ1v) is 9.58. The van der Waals surface area contributed by atoms with Crippen LogP contribution in [0.15, 0.2) is 77.9 Å². The van der Waals surface area contributed by atoms with Crippen LogP contribution in [0.25, 0.3) is 0 Å². The van der Waals surface area contributed by atoms with Crippen LogP contribution in [0.3, 0.4) is 0 Å². The van der Waals surface area contributed by atoms with Crippen molar-refractivity contribution in [1.82, 2.24) is 5.01 Å². The third kappa shape index (κ3) is 2.88. The van der Waals surface area contributed by atoms with Gasteiger partial charge in [-0.1, -0.05) is 77.8 Å². The lowest BCUT2D eigenvalue weighted by atomic mass is 9.96. The first-order chi connectivity index (χ1) is 13.2. The van der Waals surface area contributed by atoms with Crippen molar-refractivity contribution in [3.05, 3.63) is 99.5 Å². The Bertz CT molecular complexity index is 1040. The first-order valence-electron chi connectivity index (χ1n) is 8.82. The molecule has 0 fully saturated rings. The minimum Gasteiger partial charge on any atom is -0.464 e. The molecule has 0 radical (unpaired) electrons. The zero-order valence-electron chi connectivity index (χ0n) is 14.3. The van der Waals surface area contributed by atoms with Crippen molar-refractivity contribution in [3.8, 4) is 5.75 Å². The molecular weight excluding hydrogens is 379 g/mol. The predicted octanol–water partition coefficient (Wildman–Crippen LogP) is 6.24. The van der Waals surface area contributed by atoms with Crippen LogP contribution >= 0.6 is 23.2 Å². The van der Waals surface area contributed by atoms with Gasteiger partial charge < -0.3 is 4.74 Å². The van der Waals surface area contributed by atoms with E-state index >= 15 is 0 Å². The van der Waals surface area contributed by atoms with E-state index in [0.717, 1.165) is 34.6 Å². The second kappa shape index (κ2) is 6.59. The van der Waals surface area contributed by atoms with Gasteiger partial charge in [0.05, 0.1) is 21.8 Å². The number of ether oxygens (including phenoxy) is 1. The molecule has 0 spiro atoms. The Labute approximate surface area is 167 Å². The van der Waals surface area contributed by atoms with Gasteiger partial charge in [0, 0.05) is 17.5 Å². The standard InChI is InChI=1S/C22H16Cl2N2O/c23-17-11-10-15(12-18(17)24)22-26-20(16-8-4-5-9-21(16)27-22)13-19(25-26)14-6-2-1-3-7-14/h1-12,20,22H,13H2/t20-,22-/m0/s1. The van der Waals surface area contributed by atoms with Crippen molar-refractivity contribution < 1.29 is 4.74 Å². The van der Waals surface area contributed by atoms with Crippen LogP contribution in [-0.4, -0.2) is 10.7 Å². The van der Waals surface area contributed by atoms with Crippen molar-refractivity contribution in [2.45, 2.75) is 18.7 Å². The summed E-state index contributed by atoms with van der Waals surface area (Å²) in [5.74, 6) is 0.888. The van der Waals surface area contributed by atoms with E-state index in [0.29, 0.717) is 10.0 Å². The number of hydrogen-bond acceptors (Lipinski definition) is 3. The molecule has 3 nitrogen and oxygen atoms in total. The van der Waals surface area contributed by atoms with E-state index in [9.17, 15) is 0 Å². The molecule has 2 aliphatic heterocycles. The molecule has 2 aliphatic rings. The molecule has 2 atom stereocenters. The van der Waals surface area contributed by atoms with E-state index in [-0.39, 0.29) is 12.3 Å². The molecule has 2 heterocycles. The van der Waals surface area contributed by atoms with Crippen LogP contribution in [0.2, 0.25) is 10.0 Å². The van der Waals surface area contributed by atoms with Gasteiger partial charge in [-0.15, -0.1) is 0 Å². The van der Waals surface area contributed by atoms with Crippen LogP contribution in [-0.2, 0) is 0 Å². The first kappa shape index (κ1) is 16.7. The van der Waals surface area contributed by atoms with E-state index in [1.54, 1.807) is 6.07 Å². The fourth-order valence-corrected chi connectivity index (χ4v) is 4.03. The molecule has 0 unspecified atom stereocenters. The Morgan fingerprint density at radius 2 is 1.67 bits per heavy atom. The maximum Gasteiger partial charge on any atom is 0.213 e. The Morgan fingerprint density at radius 1 is 0.889 bits per heavy atom. The number of halogens is 2. The molecule has 3 aromatic carbocycles. The van der Waals surface area contributed by atoms with Crippen molar-refractivity contribution in [3.63, 3.8) is 0 Å². The zero-order valence-corrected chi connectivity index (χ0v) is 15.9. The number of fused-ring (bicyclic) bond motifs is 3. The summed E-state index contributed by atoms with van der Waals surface area (Å²) in [6.07, 6.45) is 0.489. The minimum absolute atomic E-state index is 0.129. The highest BCUT2D eigenvalue weighted by Crippen LogP contribution is 2.47. The summed E-state index contributed by atoms with van der Waals surface area (Å²) in [4.78, 5) is 0. The normalized spacial score (nSPS) is 20.5. The van der Waals surface area contributed by atoms with E-state index in [1.165, 1.54) is 0 Å². The van der Waals surface area contributed by atoms with Crippen LogP contribution < -0.4 is 4.74 Å².